The van der Waals surface area contributed by atoms with Crippen LogP contribution in [0.1, 0.15) is 48.0 Å². The highest BCUT2D eigenvalue weighted by atomic mass is 28.4. The van der Waals surface area contributed by atoms with Crippen molar-refractivity contribution in [2.75, 3.05) is 26.2 Å². The summed E-state index contributed by atoms with van der Waals surface area (Å²) < 4.78 is 11.9. The minimum Gasteiger partial charge on any atom is -0.519 e. The number of hydrogen-bond acceptors (Lipinski definition) is 4. The second-order valence-corrected chi connectivity index (χ2v) is 18.3. The predicted octanol–water partition coefficient (Wildman–Crippen LogP) is 5.12. The number of carbonyl (C=O) groups is 1. The summed E-state index contributed by atoms with van der Waals surface area (Å²) in [7, 11) is -3.54. The van der Waals surface area contributed by atoms with Gasteiger partial charge in [-0.2, -0.15) is 0 Å². The van der Waals surface area contributed by atoms with Gasteiger partial charge in [0.15, 0.2) is 8.32 Å². The van der Waals surface area contributed by atoms with E-state index >= 15 is 0 Å². The van der Waals surface area contributed by atoms with Gasteiger partial charge >= 0.3 is 0 Å². The van der Waals surface area contributed by atoms with Crippen molar-refractivity contribution in [3.05, 3.63) is 0 Å². The van der Waals surface area contributed by atoms with Gasteiger partial charge in [0.1, 0.15) is 0 Å². The van der Waals surface area contributed by atoms with Crippen molar-refractivity contribution < 1.29 is 13.6 Å². The third kappa shape index (κ3) is 9.36. The lowest BCUT2D eigenvalue weighted by atomic mass is 10.1. The van der Waals surface area contributed by atoms with Crippen LogP contribution in [-0.2, 0) is 13.6 Å². The predicted molar refractivity (Wildman–Crippen MR) is 113 cm³/mol. The number of rotatable bonds is 11. The lowest BCUT2D eigenvalue weighted by Gasteiger charge is -2.36. The van der Waals surface area contributed by atoms with Crippen LogP contribution in [-0.4, -0.2) is 53.7 Å². The zero-order valence-electron chi connectivity index (χ0n) is 18.5. The van der Waals surface area contributed by atoms with Gasteiger partial charge in [0.2, 0.25) is 0 Å². The van der Waals surface area contributed by atoms with Crippen LogP contribution in [0.2, 0.25) is 37.3 Å². The van der Waals surface area contributed by atoms with Crippen LogP contribution in [0.5, 0.6) is 0 Å². The van der Waals surface area contributed by atoms with E-state index in [1.165, 1.54) is 6.04 Å². The van der Waals surface area contributed by atoms with Gasteiger partial charge in [-0.1, -0.05) is 34.6 Å². The molecule has 0 bridgehead atoms. The summed E-state index contributed by atoms with van der Waals surface area (Å²) in [5, 5.41) is 0.0578. The number of nitrogens with zero attached hydrogens (tertiary/aromatic N) is 1. The molecule has 0 aromatic heterocycles. The van der Waals surface area contributed by atoms with Gasteiger partial charge < -0.3 is 13.8 Å². The van der Waals surface area contributed by atoms with E-state index in [0.29, 0.717) is 0 Å². The van der Waals surface area contributed by atoms with Crippen molar-refractivity contribution >= 4 is 22.6 Å². The molecule has 4 nitrogen and oxygen atoms in total. The highest BCUT2D eigenvalue weighted by Gasteiger charge is 2.41. The first-order chi connectivity index (χ1) is 11.3. The van der Waals surface area contributed by atoms with Crippen LogP contribution in [0.15, 0.2) is 0 Å². The maximum atomic E-state index is 12.5. The summed E-state index contributed by atoms with van der Waals surface area (Å²) in [4.78, 5) is 14.9. The molecule has 150 valence electrons. The minimum absolute atomic E-state index is 0.0333. The molecule has 0 spiro atoms. The molecule has 0 aliphatic carbocycles. The van der Waals surface area contributed by atoms with Crippen LogP contribution >= 0.6 is 0 Å². The standard InChI is InChI=1S/C19H43NO3Si2/c1-11-20(14-13-15-24(7,8)22-12-2)16-17(3)18(21)23-25(9,10)19(4,5)6/h17H,11-16H2,1-10H3. The van der Waals surface area contributed by atoms with E-state index < -0.39 is 16.6 Å². The van der Waals surface area contributed by atoms with Crippen LogP contribution in [0, 0.1) is 5.92 Å². The third-order valence-corrected chi connectivity index (χ3v) is 12.3. The monoisotopic (exact) mass is 389 g/mol. The van der Waals surface area contributed by atoms with Crippen molar-refractivity contribution in [3.63, 3.8) is 0 Å². The van der Waals surface area contributed by atoms with Gasteiger partial charge in [-0.05, 0) is 63.7 Å². The van der Waals surface area contributed by atoms with E-state index in [1.807, 2.05) is 6.92 Å². The average molecular weight is 390 g/mol. The molecule has 0 radical (unpaired) electrons. The summed E-state index contributed by atoms with van der Waals surface area (Å²) >= 11 is 0. The molecule has 0 amide bonds. The van der Waals surface area contributed by atoms with Crippen LogP contribution in [0.25, 0.3) is 0 Å². The second-order valence-electron chi connectivity index (χ2n) is 9.27. The largest absolute Gasteiger partial charge is 0.519 e. The summed E-state index contributed by atoms with van der Waals surface area (Å²) in [5.41, 5.74) is 0. The van der Waals surface area contributed by atoms with Crippen LogP contribution in [0.4, 0.5) is 0 Å². The molecule has 0 aromatic carbocycles. The summed E-state index contributed by atoms with van der Waals surface area (Å²) in [6.07, 6.45) is 1.14. The van der Waals surface area contributed by atoms with Crippen molar-refractivity contribution in [1.82, 2.24) is 4.90 Å². The highest BCUT2D eigenvalue weighted by molar-refractivity contribution is 6.75. The van der Waals surface area contributed by atoms with E-state index in [9.17, 15) is 4.79 Å². The first-order valence-electron chi connectivity index (χ1n) is 9.85. The van der Waals surface area contributed by atoms with Gasteiger partial charge in [-0.3, -0.25) is 4.79 Å². The van der Waals surface area contributed by atoms with Gasteiger partial charge in [-0.25, -0.2) is 0 Å². The fourth-order valence-electron chi connectivity index (χ4n) is 2.54. The first-order valence-corrected chi connectivity index (χ1v) is 15.9. The highest BCUT2D eigenvalue weighted by Crippen LogP contribution is 2.37. The SMILES string of the molecule is CCO[Si](C)(C)CCCN(CC)CC(C)C(=O)O[Si](C)(C)C(C)(C)C. The maximum Gasteiger partial charge on any atom is 0.296 e. The Morgan fingerprint density at radius 2 is 1.68 bits per heavy atom. The summed E-state index contributed by atoms with van der Waals surface area (Å²) in [6, 6.07) is 1.17. The van der Waals surface area contributed by atoms with Crippen molar-refractivity contribution in [2.24, 2.45) is 5.92 Å². The fraction of sp³-hybridized carbons (Fsp3) is 0.947. The summed E-state index contributed by atoms with van der Waals surface area (Å²) in [5.74, 6) is -0.111. The minimum atomic E-state index is -2.03. The molecule has 0 fully saturated rings. The molecule has 0 heterocycles. The maximum absolute atomic E-state index is 12.5. The molecule has 0 saturated carbocycles. The van der Waals surface area contributed by atoms with E-state index in [1.54, 1.807) is 0 Å². The molecule has 0 saturated heterocycles. The van der Waals surface area contributed by atoms with Crippen molar-refractivity contribution in [3.8, 4) is 0 Å². The topological polar surface area (TPSA) is 38.8 Å². The van der Waals surface area contributed by atoms with E-state index in [0.717, 1.165) is 32.7 Å². The van der Waals surface area contributed by atoms with E-state index in [2.05, 4.69) is 65.7 Å². The Labute approximate surface area is 158 Å². The molecular weight excluding hydrogens is 346 g/mol. The van der Waals surface area contributed by atoms with Crippen LogP contribution < -0.4 is 0 Å². The molecule has 0 aliphatic heterocycles. The van der Waals surface area contributed by atoms with Crippen LogP contribution in [0.3, 0.4) is 0 Å². The average Bonchev–Trinajstić information content (AvgIpc) is 2.43. The smallest absolute Gasteiger partial charge is 0.296 e. The molecule has 25 heavy (non-hydrogen) atoms. The first kappa shape index (κ1) is 24.8. The Morgan fingerprint density at radius 1 is 1.12 bits per heavy atom. The summed E-state index contributed by atoms with van der Waals surface area (Å²) in [6.45, 7) is 25.2. The van der Waals surface area contributed by atoms with Gasteiger partial charge in [-0.15, -0.1) is 0 Å². The number of carbonyl (C=O) groups excluding carboxylic acids is 1. The zero-order valence-corrected chi connectivity index (χ0v) is 20.5. The van der Waals surface area contributed by atoms with Gasteiger partial charge in [0, 0.05) is 13.2 Å². The normalized spacial score (nSPS) is 14.7. The van der Waals surface area contributed by atoms with Crippen molar-refractivity contribution in [2.45, 2.75) is 85.2 Å². The second kappa shape index (κ2) is 10.2. The fourth-order valence-corrected chi connectivity index (χ4v) is 5.48. The molecule has 0 aromatic rings. The Kier molecular flexibility index (Phi) is 10.2. The molecular formula is C19H43NO3Si2. The molecule has 0 N–H and O–H groups in total. The lowest BCUT2D eigenvalue weighted by molar-refractivity contribution is -0.140. The van der Waals surface area contributed by atoms with E-state index in [-0.39, 0.29) is 16.9 Å². The Hall–Kier alpha value is -0.176. The molecule has 6 heteroatoms. The lowest BCUT2D eigenvalue weighted by Crippen LogP contribution is -2.45. The molecule has 1 atom stereocenters. The third-order valence-electron chi connectivity index (χ3n) is 5.33. The Morgan fingerprint density at radius 3 is 2.12 bits per heavy atom. The van der Waals surface area contributed by atoms with Crippen molar-refractivity contribution in [1.29, 1.82) is 0 Å². The zero-order chi connectivity index (χ0) is 19.9. The quantitative estimate of drug-likeness (QED) is 0.459. The van der Waals surface area contributed by atoms with Gasteiger partial charge in [0.05, 0.1) is 5.92 Å². The Balaban J connectivity index is 4.49. The molecule has 0 rings (SSSR count). The van der Waals surface area contributed by atoms with Gasteiger partial charge in [0.25, 0.3) is 14.3 Å². The molecule has 0 aliphatic rings. The Bertz CT molecular complexity index is 406. The molecule has 1 unspecified atom stereocenters. The number of hydrogen-bond donors (Lipinski definition) is 0. The van der Waals surface area contributed by atoms with E-state index in [4.69, 9.17) is 8.85 Å².